The minimum Gasteiger partial charge on any atom is -0.383 e. The molecule has 1 aliphatic heterocycles. The van der Waals surface area contributed by atoms with Crippen LogP contribution in [0.25, 0.3) is 0 Å². The third-order valence-corrected chi connectivity index (χ3v) is 4.53. The number of carbonyl (C=O) groups excluding carboxylic acids is 1. The number of nitrogens with one attached hydrogen (secondary N) is 2. The fourth-order valence-electron chi connectivity index (χ4n) is 2.93. The number of nitrogens with zero attached hydrogens (tertiary/aromatic N) is 3. The Morgan fingerprint density at radius 3 is 3.04 bits per heavy atom. The second-order valence-corrected chi connectivity index (χ2v) is 6.39. The predicted molar refractivity (Wildman–Crippen MR) is 102 cm³/mol. The van der Waals surface area contributed by atoms with Gasteiger partial charge in [0.1, 0.15) is 11.9 Å². The maximum atomic E-state index is 12.4. The molecule has 26 heavy (non-hydrogen) atoms. The lowest BCUT2D eigenvalue weighted by molar-refractivity contribution is -0.122. The number of rotatable bonds is 7. The summed E-state index contributed by atoms with van der Waals surface area (Å²) in [6, 6.07) is 8.98. The van der Waals surface area contributed by atoms with E-state index in [9.17, 15) is 4.79 Å². The van der Waals surface area contributed by atoms with Gasteiger partial charge in [0.25, 0.3) is 0 Å². The minimum absolute atomic E-state index is 0.0207. The van der Waals surface area contributed by atoms with Crippen molar-refractivity contribution in [2.24, 2.45) is 0 Å². The number of benzene rings is 1. The maximum Gasteiger partial charge on any atom is 0.242 e. The van der Waals surface area contributed by atoms with Gasteiger partial charge in [0, 0.05) is 26.4 Å². The van der Waals surface area contributed by atoms with Crippen molar-refractivity contribution < 1.29 is 9.53 Å². The first-order valence-corrected chi connectivity index (χ1v) is 8.94. The Labute approximate surface area is 157 Å². The average molecular weight is 376 g/mol. The topological polar surface area (TPSA) is 79.4 Å². The molecule has 2 heterocycles. The lowest BCUT2D eigenvalue weighted by Crippen LogP contribution is -2.44. The highest BCUT2D eigenvalue weighted by Crippen LogP contribution is 2.26. The second-order valence-electron chi connectivity index (χ2n) is 5.98. The number of halogens is 1. The molecule has 1 atom stereocenters. The molecule has 1 fully saturated rings. The number of para-hydroxylation sites is 1. The van der Waals surface area contributed by atoms with Gasteiger partial charge >= 0.3 is 0 Å². The number of methoxy groups -OCH3 is 1. The Kier molecular flexibility index (Phi) is 6.25. The fourth-order valence-corrected chi connectivity index (χ4v) is 3.11. The lowest BCUT2D eigenvalue weighted by atomic mass is 10.2. The number of carbonyl (C=O) groups is 1. The summed E-state index contributed by atoms with van der Waals surface area (Å²) >= 11 is 6.19. The molecule has 0 bridgehead atoms. The van der Waals surface area contributed by atoms with E-state index in [-0.39, 0.29) is 11.9 Å². The molecule has 0 aliphatic carbocycles. The van der Waals surface area contributed by atoms with Gasteiger partial charge in [-0.25, -0.2) is 4.98 Å². The van der Waals surface area contributed by atoms with E-state index in [0.29, 0.717) is 29.9 Å². The molecule has 1 aromatic heterocycles. The Balaban J connectivity index is 1.72. The highest BCUT2D eigenvalue weighted by atomic mass is 35.5. The molecule has 2 N–H and O–H groups in total. The zero-order valence-electron chi connectivity index (χ0n) is 14.6. The van der Waals surface area contributed by atoms with E-state index in [1.165, 1.54) is 0 Å². The van der Waals surface area contributed by atoms with E-state index in [2.05, 4.69) is 20.6 Å². The summed E-state index contributed by atoms with van der Waals surface area (Å²) in [6.45, 7) is 1.73. The van der Waals surface area contributed by atoms with Gasteiger partial charge in [0.05, 0.1) is 17.3 Å². The molecule has 1 aromatic carbocycles. The van der Waals surface area contributed by atoms with E-state index in [0.717, 1.165) is 25.1 Å². The highest BCUT2D eigenvalue weighted by molar-refractivity contribution is 6.33. The van der Waals surface area contributed by atoms with E-state index in [4.69, 9.17) is 16.3 Å². The fraction of sp³-hybridized carbons (Fsp3) is 0.389. The van der Waals surface area contributed by atoms with Crippen LogP contribution in [0.1, 0.15) is 12.8 Å². The molecule has 2 aromatic rings. The van der Waals surface area contributed by atoms with Crippen LogP contribution >= 0.6 is 11.6 Å². The van der Waals surface area contributed by atoms with Gasteiger partial charge < -0.3 is 20.3 Å². The Bertz CT molecular complexity index is 758. The van der Waals surface area contributed by atoms with Crippen LogP contribution in [0.15, 0.2) is 36.5 Å². The normalized spacial score (nSPS) is 16.5. The van der Waals surface area contributed by atoms with E-state index in [1.807, 2.05) is 29.2 Å². The van der Waals surface area contributed by atoms with Crippen LogP contribution in [0.4, 0.5) is 17.5 Å². The van der Waals surface area contributed by atoms with Crippen LogP contribution in [0, 0.1) is 0 Å². The van der Waals surface area contributed by atoms with Crippen molar-refractivity contribution in [3.8, 4) is 0 Å². The first-order valence-electron chi connectivity index (χ1n) is 8.57. The minimum atomic E-state index is -0.262. The molecule has 0 saturated carbocycles. The molecule has 1 aliphatic rings. The van der Waals surface area contributed by atoms with E-state index < -0.39 is 0 Å². The van der Waals surface area contributed by atoms with Gasteiger partial charge in [-0.1, -0.05) is 23.7 Å². The number of amides is 1. The summed E-state index contributed by atoms with van der Waals surface area (Å²) in [5.41, 5.74) is 0.772. The zero-order valence-corrected chi connectivity index (χ0v) is 15.4. The molecule has 8 heteroatoms. The van der Waals surface area contributed by atoms with Crippen molar-refractivity contribution in [3.05, 3.63) is 41.6 Å². The monoisotopic (exact) mass is 375 g/mol. The number of hydrogen-bond acceptors (Lipinski definition) is 6. The third kappa shape index (κ3) is 4.42. The van der Waals surface area contributed by atoms with Gasteiger partial charge in [-0.05, 0) is 31.0 Å². The average Bonchev–Trinajstić information content (AvgIpc) is 3.14. The summed E-state index contributed by atoms with van der Waals surface area (Å²) in [5, 5.41) is 6.70. The molecule has 0 radical (unpaired) electrons. The van der Waals surface area contributed by atoms with Crippen molar-refractivity contribution in [1.29, 1.82) is 0 Å². The summed E-state index contributed by atoms with van der Waals surface area (Å²) in [4.78, 5) is 23.3. The van der Waals surface area contributed by atoms with Gasteiger partial charge in [-0.2, -0.15) is 4.98 Å². The summed E-state index contributed by atoms with van der Waals surface area (Å²) in [5.74, 6) is 1.15. The maximum absolute atomic E-state index is 12.4. The number of hydrogen-bond donors (Lipinski definition) is 2. The Morgan fingerprint density at radius 2 is 2.23 bits per heavy atom. The van der Waals surface area contributed by atoms with Crippen molar-refractivity contribution >= 4 is 35.0 Å². The standard InChI is InChI=1S/C18H22ClN5O2/c1-26-12-10-20-17(25)15-7-4-11-24(15)18-21-9-8-16(23-18)22-14-6-3-2-5-13(14)19/h2-3,5-6,8-9,15H,4,7,10-12H2,1H3,(H,20,25)(H,21,22,23)/t15-/m0/s1. The number of ether oxygens (including phenoxy) is 1. The first-order chi connectivity index (χ1) is 12.7. The number of anilines is 3. The van der Waals surface area contributed by atoms with Crippen LogP contribution in [0.3, 0.4) is 0 Å². The zero-order chi connectivity index (χ0) is 18.4. The van der Waals surface area contributed by atoms with Crippen LogP contribution < -0.4 is 15.5 Å². The number of aromatic nitrogens is 2. The third-order valence-electron chi connectivity index (χ3n) is 4.20. The first kappa shape index (κ1) is 18.4. The molecule has 7 nitrogen and oxygen atoms in total. The van der Waals surface area contributed by atoms with Crippen molar-refractivity contribution in [2.45, 2.75) is 18.9 Å². The molecule has 3 rings (SSSR count). The largest absolute Gasteiger partial charge is 0.383 e. The van der Waals surface area contributed by atoms with Crippen molar-refractivity contribution in [1.82, 2.24) is 15.3 Å². The summed E-state index contributed by atoms with van der Waals surface area (Å²) in [6.07, 6.45) is 3.39. The van der Waals surface area contributed by atoms with Crippen molar-refractivity contribution in [2.75, 3.05) is 37.0 Å². The molecule has 1 saturated heterocycles. The SMILES string of the molecule is COCCNC(=O)[C@@H]1CCCN1c1nccc(Nc2ccccc2Cl)n1. The smallest absolute Gasteiger partial charge is 0.242 e. The van der Waals surface area contributed by atoms with Crippen LogP contribution in [-0.4, -0.2) is 48.7 Å². The Morgan fingerprint density at radius 1 is 1.38 bits per heavy atom. The quantitative estimate of drug-likeness (QED) is 0.724. The summed E-state index contributed by atoms with van der Waals surface area (Å²) < 4.78 is 4.98. The molecular weight excluding hydrogens is 354 g/mol. The van der Waals surface area contributed by atoms with E-state index >= 15 is 0 Å². The van der Waals surface area contributed by atoms with Crippen LogP contribution in [-0.2, 0) is 9.53 Å². The van der Waals surface area contributed by atoms with Gasteiger partial charge in [0.15, 0.2) is 0 Å². The molecule has 0 unspecified atom stereocenters. The predicted octanol–water partition coefficient (Wildman–Crippen LogP) is 2.61. The van der Waals surface area contributed by atoms with Gasteiger partial charge in [-0.3, -0.25) is 4.79 Å². The van der Waals surface area contributed by atoms with E-state index in [1.54, 1.807) is 19.4 Å². The molecule has 1 amide bonds. The Hall–Kier alpha value is -2.38. The van der Waals surface area contributed by atoms with Gasteiger partial charge in [0.2, 0.25) is 11.9 Å². The lowest BCUT2D eigenvalue weighted by Gasteiger charge is -2.24. The molecule has 0 spiro atoms. The molecular formula is C18H22ClN5O2. The van der Waals surface area contributed by atoms with Crippen molar-refractivity contribution in [3.63, 3.8) is 0 Å². The second kappa shape index (κ2) is 8.82. The molecule has 138 valence electrons. The van der Waals surface area contributed by atoms with Gasteiger partial charge in [-0.15, -0.1) is 0 Å². The summed E-state index contributed by atoms with van der Waals surface area (Å²) in [7, 11) is 1.61. The van der Waals surface area contributed by atoms with Crippen LogP contribution in [0.2, 0.25) is 5.02 Å². The highest BCUT2D eigenvalue weighted by Gasteiger charge is 2.32. The van der Waals surface area contributed by atoms with Crippen LogP contribution in [0.5, 0.6) is 0 Å².